The van der Waals surface area contributed by atoms with Crippen LogP contribution in [0.1, 0.15) is 26.2 Å². The van der Waals surface area contributed by atoms with Crippen LogP contribution in [0.25, 0.3) is 0 Å². The van der Waals surface area contributed by atoms with Gasteiger partial charge in [-0.15, -0.1) is 0 Å². The number of anilines is 1. The summed E-state index contributed by atoms with van der Waals surface area (Å²) in [5.74, 6) is 0.111. The van der Waals surface area contributed by atoms with E-state index in [4.69, 9.17) is 11.6 Å². The maximum atomic E-state index is 12.4. The SMILES string of the molecule is CCC1(C(=O)Nc2ccc(Cl)cc2)CCCNC1. The van der Waals surface area contributed by atoms with Gasteiger partial charge in [-0.25, -0.2) is 0 Å². The van der Waals surface area contributed by atoms with E-state index in [2.05, 4.69) is 17.6 Å². The number of piperidine rings is 1. The van der Waals surface area contributed by atoms with Gasteiger partial charge in [-0.2, -0.15) is 0 Å². The molecule has 1 aliphatic rings. The molecule has 1 aromatic carbocycles. The minimum atomic E-state index is -0.266. The van der Waals surface area contributed by atoms with Crippen LogP contribution in [0.5, 0.6) is 0 Å². The van der Waals surface area contributed by atoms with Crippen LogP contribution < -0.4 is 10.6 Å². The van der Waals surface area contributed by atoms with E-state index in [-0.39, 0.29) is 11.3 Å². The van der Waals surface area contributed by atoms with E-state index in [1.54, 1.807) is 12.1 Å². The van der Waals surface area contributed by atoms with E-state index in [1.807, 2.05) is 12.1 Å². The molecule has 1 unspecified atom stereocenters. The molecule has 1 amide bonds. The van der Waals surface area contributed by atoms with Gasteiger partial charge in [0.2, 0.25) is 5.91 Å². The van der Waals surface area contributed by atoms with Crippen molar-refractivity contribution in [3.63, 3.8) is 0 Å². The fourth-order valence-corrected chi connectivity index (χ4v) is 2.55. The Morgan fingerprint density at radius 2 is 2.17 bits per heavy atom. The summed E-state index contributed by atoms with van der Waals surface area (Å²) in [5, 5.41) is 6.99. The highest BCUT2D eigenvalue weighted by Crippen LogP contribution is 2.31. The summed E-state index contributed by atoms with van der Waals surface area (Å²) in [6, 6.07) is 7.24. The molecule has 0 aliphatic carbocycles. The van der Waals surface area contributed by atoms with Gasteiger partial charge in [-0.3, -0.25) is 4.79 Å². The van der Waals surface area contributed by atoms with Gasteiger partial charge in [0.1, 0.15) is 0 Å². The van der Waals surface area contributed by atoms with E-state index < -0.39 is 0 Å². The summed E-state index contributed by atoms with van der Waals surface area (Å²) >= 11 is 5.83. The summed E-state index contributed by atoms with van der Waals surface area (Å²) in [4.78, 5) is 12.4. The summed E-state index contributed by atoms with van der Waals surface area (Å²) in [7, 11) is 0. The van der Waals surface area contributed by atoms with E-state index in [0.29, 0.717) is 5.02 Å². The summed E-state index contributed by atoms with van der Waals surface area (Å²) in [5.41, 5.74) is 0.542. The highest BCUT2D eigenvalue weighted by Gasteiger charge is 2.37. The van der Waals surface area contributed by atoms with Crippen LogP contribution in [0.3, 0.4) is 0 Å². The third-order valence-corrected chi connectivity index (χ3v) is 3.98. The molecule has 1 aromatic rings. The van der Waals surface area contributed by atoms with Crippen LogP contribution in [0, 0.1) is 5.41 Å². The van der Waals surface area contributed by atoms with Gasteiger partial charge in [0.05, 0.1) is 5.41 Å². The monoisotopic (exact) mass is 266 g/mol. The fraction of sp³-hybridized carbons (Fsp3) is 0.500. The maximum Gasteiger partial charge on any atom is 0.231 e. The lowest BCUT2D eigenvalue weighted by Gasteiger charge is -2.35. The standard InChI is InChI=1S/C14H19ClN2O/c1-2-14(8-3-9-16-10-14)13(18)17-12-6-4-11(15)5-7-12/h4-7,16H,2-3,8-10H2,1H3,(H,17,18). The topological polar surface area (TPSA) is 41.1 Å². The molecule has 0 saturated carbocycles. The summed E-state index contributed by atoms with van der Waals surface area (Å²) < 4.78 is 0. The van der Waals surface area contributed by atoms with Gasteiger partial charge in [-0.05, 0) is 50.1 Å². The van der Waals surface area contributed by atoms with E-state index in [0.717, 1.165) is 38.0 Å². The molecule has 2 N–H and O–H groups in total. The molecule has 98 valence electrons. The van der Waals surface area contributed by atoms with Gasteiger partial charge in [-0.1, -0.05) is 18.5 Å². The Labute approximate surface area is 113 Å². The second kappa shape index (κ2) is 5.72. The van der Waals surface area contributed by atoms with Gasteiger partial charge in [0, 0.05) is 17.3 Å². The minimum Gasteiger partial charge on any atom is -0.326 e. The number of nitrogens with one attached hydrogen (secondary N) is 2. The molecule has 0 radical (unpaired) electrons. The number of hydrogen-bond donors (Lipinski definition) is 2. The van der Waals surface area contributed by atoms with Crippen LogP contribution in [-0.4, -0.2) is 19.0 Å². The van der Waals surface area contributed by atoms with Crippen molar-refractivity contribution >= 4 is 23.2 Å². The van der Waals surface area contributed by atoms with Gasteiger partial charge in [0.15, 0.2) is 0 Å². The van der Waals surface area contributed by atoms with Crippen molar-refractivity contribution in [3.8, 4) is 0 Å². The Morgan fingerprint density at radius 3 is 2.72 bits per heavy atom. The highest BCUT2D eigenvalue weighted by atomic mass is 35.5. The molecule has 1 heterocycles. The van der Waals surface area contributed by atoms with Crippen LogP contribution in [0.15, 0.2) is 24.3 Å². The number of amides is 1. The average molecular weight is 267 g/mol. The number of carbonyl (C=O) groups is 1. The van der Waals surface area contributed by atoms with Crippen molar-refractivity contribution in [1.29, 1.82) is 0 Å². The summed E-state index contributed by atoms with van der Waals surface area (Å²) in [6.45, 7) is 3.85. The lowest BCUT2D eigenvalue weighted by Crippen LogP contribution is -2.47. The van der Waals surface area contributed by atoms with E-state index >= 15 is 0 Å². The zero-order valence-electron chi connectivity index (χ0n) is 10.6. The molecular weight excluding hydrogens is 248 g/mol. The number of rotatable bonds is 3. The predicted molar refractivity (Wildman–Crippen MR) is 74.9 cm³/mol. The first-order valence-corrected chi connectivity index (χ1v) is 6.82. The van der Waals surface area contributed by atoms with Crippen molar-refractivity contribution in [2.24, 2.45) is 5.41 Å². The predicted octanol–water partition coefficient (Wildman–Crippen LogP) is 3.06. The normalized spacial score (nSPS) is 23.7. The summed E-state index contributed by atoms with van der Waals surface area (Å²) in [6.07, 6.45) is 2.87. The second-order valence-corrected chi connectivity index (χ2v) is 5.31. The lowest BCUT2D eigenvalue weighted by atomic mass is 9.77. The highest BCUT2D eigenvalue weighted by molar-refractivity contribution is 6.30. The quantitative estimate of drug-likeness (QED) is 0.883. The second-order valence-electron chi connectivity index (χ2n) is 4.88. The van der Waals surface area contributed by atoms with E-state index in [1.165, 1.54) is 0 Å². The first-order valence-electron chi connectivity index (χ1n) is 6.44. The number of carbonyl (C=O) groups excluding carboxylic acids is 1. The van der Waals surface area contributed by atoms with Crippen LogP contribution in [0.4, 0.5) is 5.69 Å². The molecule has 0 spiro atoms. The number of hydrogen-bond acceptors (Lipinski definition) is 2. The molecular formula is C14H19ClN2O. The molecule has 0 bridgehead atoms. The van der Waals surface area contributed by atoms with Crippen molar-refractivity contribution in [2.75, 3.05) is 18.4 Å². The molecule has 1 saturated heterocycles. The largest absolute Gasteiger partial charge is 0.326 e. The Hall–Kier alpha value is -1.06. The Bertz CT molecular complexity index is 410. The molecule has 2 rings (SSSR count). The Morgan fingerprint density at radius 1 is 1.44 bits per heavy atom. The number of halogens is 1. The molecule has 4 heteroatoms. The van der Waals surface area contributed by atoms with Gasteiger partial charge in [0.25, 0.3) is 0 Å². The molecule has 18 heavy (non-hydrogen) atoms. The molecule has 3 nitrogen and oxygen atoms in total. The van der Waals surface area contributed by atoms with Crippen molar-refractivity contribution in [2.45, 2.75) is 26.2 Å². The third-order valence-electron chi connectivity index (χ3n) is 3.73. The first kappa shape index (κ1) is 13.4. The van der Waals surface area contributed by atoms with Crippen LogP contribution in [-0.2, 0) is 4.79 Å². The number of benzene rings is 1. The fourth-order valence-electron chi connectivity index (χ4n) is 2.42. The van der Waals surface area contributed by atoms with Gasteiger partial charge < -0.3 is 10.6 Å². The van der Waals surface area contributed by atoms with E-state index in [9.17, 15) is 4.79 Å². The van der Waals surface area contributed by atoms with Crippen molar-refractivity contribution in [1.82, 2.24) is 5.32 Å². The van der Waals surface area contributed by atoms with Crippen molar-refractivity contribution < 1.29 is 4.79 Å². The average Bonchev–Trinajstić information content (AvgIpc) is 2.42. The molecule has 0 aromatic heterocycles. The van der Waals surface area contributed by atoms with Crippen LogP contribution in [0.2, 0.25) is 5.02 Å². The Balaban J connectivity index is 2.07. The molecule has 1 atom stereocenters. The Kier molecular flexibility index (Phi) is 4.25. The zero-order valence-corrected chi connectivity index (χ0v) is 11.4. The lowest BCUT2D eigenvalue weighted by molar-refractivity contribution is -0.126. The zero-order chi connectivity index (χ0) is 13.0. The minimum absolute atomic E-state index is 0.111. The van der Waals surface area contributed by atoms with Gasteiger partial charge >= 0.3 is 0 Å². The molecule has 1 fully saturated rings. The maximum absolute atomic E-state index is 12.4. The smallest absolute Gasteiger partial charge is 0.231 e. The molecule has 1 aliphatic heterocycles. The first-order chi connectivity index (χ1) is 8.66. The third kappa shape index (κ3) is 2.85. The van der Waals surface area contributed by atoms with Crippen LogP contribution >= 0.6 is 11.6 Å². The van der Waals surface area contributed by atoms with Crippen molar-refractivity contribution in [3.05, 3.63) is 29.3 Å².